The molecule has 1 rings (SSSR count). The van der Waals surface area contributed by atoms with E-state index in [1.807, 2.05) is 6.08 Å². The molecule has 1 aliphatic carbocycles. The molecule has 0 radical (unpaired) electrons. The average molecular weight is 198 g/mol. The lowest BCUT2D eigenvalue weighted by atomic mass is 9.75. The van der Waals surface area contributed by atoms with Gasteiger partial charge in [-0.2, -0.15) is 0 Å². The van der Waals surface area contributed by atoms with Crippen molar-refractivity contribution in [2.75, 3.05) is 7.11 Å². The predicted molar refractivity (Wildman–Crippen MR) is 58.3 cm³/mol. The molecular formula is C12H22O2. The summed E-state index contributed by atoms with van der Waals surface area (Å²) in [4.78, 5) is 0. The van der Waals surface area contributed by atoms with Gasteiger partial charge in [0.05, 0.1) is 11.7 Å². The van der Waals surface area contributed by atoms with Crippen molar-refractivity contribution in [1.29, 1.82) is 0 Å². The Balaban J connectivity index is 2.18. The molecule has 2 nitrogen and oxygen atoms in total. The van der Waals surface area contributed by atoms with Crippen LogP contribution in [0.2, 0.25) is 0 Å². The molecule has 1 aliphatic rings. The number of rotatable bonds is 7. The van der Waals surface area contributed by atoms with Gasteiger partial charge in [0, 0.05) is 13.5 Å². The Morgan fingerprint density at radius 3 is 2.71 bits per heavy atom. The molecule has 1 N–H and O–H groups in total. The van der Waals surface area contributed by atoms with Crippen molar-refractivity contribution in [1.82, 2.24) is 0 Å². The van der Waals surface area contributed by atoms with Crippen LogP contribution in [0.25, 0.3) is 0 Å². The Bertz CT molecular complexity index is 168. The summed E-state index contributed by atoms with van der Waals surface area (Å²) >= 11 is 0. The van der Waals surface area contributed by atoms with Crippen molar-refractivity contribution in [3.63, 3.8) is 0 Å². The minimum absolute atomic E-state index is 0.00754. The van der Waals surface area contributed by atoms with Crippen LogP contribution in [0.4, 0.5) is 0 Å². The van der Waals surface area contributed by atoms with E-state index in [0.29, 0.717) is 0 Å². The maximum absolute atomic E-state index is 9.79. The van der Waals surface area contributed by atoms with Crippen molar-refractivity contribution in [3.05, 3.63) is 12.7 Å². The van der Waals surface area contributed by atoms with Crippen molar-refractivity contribution in [3.8, 4) is 0 Å². The van der Waals surface area contributed by atoms with E-state index in [2.05, 4.69) is 6.58 Å². The van der Waals surface area contributed by atoms with Gasteiger partial charge >= 0.3 is 0 Å². The van der Waals surface area contributed by atoms with Crippen LogP contribution in [0.5, 0.6) is 0 Å². The summed E-state index contributed by atoms with van der Waals surface area (Å²) in [5.41, 5.74) is 0.00754. The lowest BCUT2D eigenvalue weighted by Gasteiger charge is -2.41. The molecule has 0 spiro atoms. The van der Waals surface area contributed by atoms with Crippen molar-refractivity contribution >= 4 is 0 Å². The van der Waals surface area contributed by atoms with Gasteiger partial charge in [0.2, 0.25) is 0 Å². The zero-order valence-corrected chi connectivity index (χ0v) is 9.17. The molecule has 82 valence electrons. The third-order valence-corrected chi connectivity index (χ3v) is 3.25. The minimum atomic E-state index is -0.199. The molecule has 0 saturated heterocycles. The van der Waals surface area contributed by atoms with E-state index in [1.54, 1.807) is 7.11 Å². The molecule has 0 aromatic carbocycles. The molecule has 0 amide bonds. The van der Waals surface area contributed by atoms with Gasteiger partial charge in [-0.25, -0.2) is 0 Å². The van der Waals surface area contributed by atoms with Gasteiger partial charge in [-0.15, -0.1) is 6.58 Å². The van der Waals surface area contributed by atoms with Gasteiger partial charge in [-0.05, 0) is 38.5 Å². The van der Waals surface area contributed by atoms with E-state index in [1.165, 1.54) is 6.42 Å². The largest absolute Gasteiger partial charge is 0.393 e. The summed E-state index contributed by atoms with van der Waals surface area (Å²) in [6.07, 6.45) is 8.88. The molecule has 1 atom stereocenters. The van der Waals surface area contributed by atoms with Crippen LogP contribution in [-0.2, 0) is 4.74 Å². The van der Waals surface area contributed by atoms with E-state index in [4.69, 9.17) is 4.74 Å². The third kappa shape index (κ3) is 3.10. The lowest BCUT2D eigenvalue weighted by Crippen LogP contribution is -2.42. The zero-order valence-electron chi connectivity index (χ0n) is 9.17. The third-order valence-electron chi connectivity index (χ3n) is 3.25. The molecule has 2 heteroatoms. The van der Waals surface area contributed by atoms with Gasteiger partial charge in [-0.3, -0.25) is 0 Å². The van der Waals surface area contributed by atoms with Crippen molar-refractivity contribution < 1.29 is 9.84 Å². The Labute approximate surface area is 87.0 Å². The van der Waals surface area contributed by atoms with Crippen LogP contribution in [0.1, 0.15) is 44.9 Å². The lowest BCUT2D eigenvalue weighted by molar-refractivity contribution is -0.100. The molecule has 0 aliphatic heterocycles. The highest BCUT2D eigenvalue weighted by Gasteiger charge is 2.38. The Kier molecular flexibility index (Phi) is 4.63. The molecule has 0 heterocycles. The highest BCUT2D eigenvalue weighted by atomic mass is 16.5. The van der Waals surface area contributed by atoms with Crippen molar-refractivity contribution in [2.24, 2.45) is 0 Å². The van der Waals surface area contributed by atoms with Crippen LogP contribution in [0.3, 0.4) is 0 Å². The van der Waals surface area contributed by atoms with E-state index in [0.717, 1.165) is 38.5 Å². The van der Waals surface area contributed by atoms with E-state index >= 15 is 0 Å². The smallest absolute Gasteiger partial charge is 0.0703 e. The van der Waals surface area contributed by atoms with Crippen LogP contribution < -0.4 is 0 Å². The maximum Gasteiger partial charge on any atom is 0.0703 e. The monoisotopic (exact) mass is 198 g/mol. The first-order valence-corrected chi connectivity index (χ1v) is 5.56. The normalized spacial score (nSPS) is 21.3. The van der Waals surface area contributed by atoms with Gasteiger partial charge in [0.25, 0.3) is 0 Å². The number of hydrogen-bond donors (Lipinski definition) is 1. The number of aliphatic hydroxyl groups excluding tert-OH is 1. The number of aliphatic hydroxyl groups is 1. The zero-order chi connectivity index (χ0) is 10.4. The molecule has 1 fully saturated rings. The summed E-state index contributed by atoms with van der Waals surface area (Å²) < 4.78 is 5.47. The van der Waals surface area contributed by atoms with Gasteiger partial charge < -0.3 is 9.84 Å². The maximum atomic E-state index is 9.79. The van der Waals surface area contributed by atoms with Gasteiger partial charge in [0.1, 0.15) is 0 Å². The molecule has 1 saturated carbocycles. The number of allylic oxidation sites excluding steroid dienone is 1. The quantitative estimate of drug-likeness (QED) is 0.503. The Morgan fingerprint density at radius 2 is 2.29 bits per heavy atom. The Hall–Kier alpha value is -0.340. The standard InChI is InChI=1S/C12H22O2/c1-3-4-5-7-11(13)10-12(14-2)8-6-9-12/h3,11,13H,1,4-10H2,2H3. The summed E-state index contributed by atoms with van der Waals surface area (Å²) in [5, 5.41) is 9.79. The molecule has 1 unspecified atom stereocenters. The number of methoxy groups -OCH3 is 1. The molecular weight excluding hydrogens is 176 g/mol. The highest BCUT2D eigenvalue weighted by molar-refractivity contribution is 4.91. The predicted octanol–water partition coefficient (Wildman–Crippen LogP) is 2.66. The molecule has 14 heavy (non-hydrogen) atoms. The molecule has 0 aromatic heterocycles. The van der Waals surface area contributed by atoms with E-state index in [9.17, 15) is 5.11 Å². The first-order chi connectivity index (χ1) is 6.72. The van der Waals surface area contributed by atoms with Crippen molar-refractivity contribution in [2.45, 2.75) is 56.7 Å². The fourth-order valence-corrected chi connectivity index (χ4v) is 2.09. The first-order valence-electron chi connectivity index (χ1n) is 5.56. The second-order valence-corrected chi connectivity index (χ2v) is 4.32. The topological polar surface area (TPSA) is 29.5 Å². The highest BCUT2D eigenvalue weighted by Crippen LogP contribution is 2.39. The van der Waals surface area contributed by atoms with Crippen LogP contribution >= 0.6 is 0 Å². The number of unbranched alkanes of at least 4 members (excludes halogenated alkanes) is 1. The van der Waals surface area contributed by atoms with E-state index < -0.39 is 0 Å². The summed E-state index contributed by atoms with van der Waals surface area (Å²) in [5.74, 6) is 0. The van der Waals surface area contributed by atoms with Crippen LogP contribution in [0, 0.1) is 0 Å². The van der Waals surface area contributed by atoms with Crippen LogP contribution in [-0.4, -0.2) is 23.9 Å². The van der Waals surface area contributed by atoms with E-state index in [-0.39, 0.29) is 11.7 Å². The summed E-state index contributed by atoms with van der Waals surface area (Å²) in [6, 6.07) is 0. The Morgan fingerprint density at radius 1 is 1.57 bits per heavy atom. The first kappa shape index (κ1) is 11.7. The second kappa shape index (κ2) is 5.52. The SMILES string of the molecule is C=CCCCC(O)CC1(OC)CCC1. The van der Waals surface area contributed by atoms with Crippen LogP contribution in [0.15, 0.2) is 12.7 Å². The summed E-state index contributed by atoms with van der Waals surface area (Å²) in [6.45, 7) is 3.67. The second-order valence-electron chi connectivity index (χ2n) is 4.32. The van der Waals surface area contributed by atoms with Gasteiger partial charge in [-0.1, -0.05) is 6.08 Å². The molecule has 0 aromatic rings. The minimum Gasteiger partial charge on any atom is -0.393 e. The fourth-order valence-electron chi connectivity index (χ4n) is 2.09. The average Bonchev–Trinajstić information content (AvgIpc) is 2.12. The fraction of sp³-hybridized carbons (Fsp3) is 0.833. The summed E-state index contributed by atoms with van der Waals surface area (Å²) in [7, 11) is 1.76. The number of hydrogen-bond acceptors (Lipinski definition) is 2. The number of ether oxygens (including phenoxy) is 1. The van der Waals surface area contributed by atoms with Gasteiger partial charge in [0.15, 0.2) is 0 Å². The molecule has 0 bridgehead atoms.